The Bertz CT molecular complexity index is 824. The van der Waals surface area contributed by atoms with Crippen LogP contribution in [0.15, 0.2) is 30.5 Å². The predicted molar refractivity (Wildman–Crippen MR) is 81.2 cm³/mol. The minimum Gasteiger partial charge on any atom is -0.322 e. The van der Waals surface area contributed by atoms with Crippen LogP contribution in [0.4, 0.5) is 0 Å². The molecule has 0 unspecified atom stereocenters. The number of hydrogen-bond donors (Lipinski definition) is 0. The Kier molecular flexibility index (Phi) is 3.63. The average Bonchev–Trinajstić information content (AvgIpc) is 3.04. The lowest BCUT2D eigenvalue weighted by atomic mass is 10.2. The van der Waals surface area contributed by atoms with E-state index in [4.69, 9.17) is 16.9 Å². The van der Waals surface area contributed by atoms with Crippen molar-refractivity contribution in [1.29, 1.82) is 5.26 Å². The molecule has 5 nitrogen and oxygen atoms in total. The summed E-state index contributed by atoms with van der Waals surface area (Å²) in [7, 11) is 1.89. The Morgan fingerprint density at radius 1 is 1.33 bits per heavy atom. The molecule has 106 valence electrons. The zero-order valence-electron chi connectivity index (χ0n) is 11.6. The highest BCUT2D eigenvalue weighted by atomic mass is 35.5. The number of aromatic nitrogens is 4. The van der Waals surface area contributed by atoms with Crippen molar-refractivity contribution >= 4 is 22.6 Å². The van der Waals surface area contributed by atoms with E-state index in [1.165, 1.54) is 0 Å². The van der Waals surface area contributed by atoms with Gasteiger partial charge in [-0.05, 0) is 24.3 Å². The summed E-state index contributed by atoms with van der Waals surface area (Å²) in [6.45, 7) is 0.623. The van der Waals surface area contributed by atoms with Gasteiger partial charge in [-0.3, -0.25) is 4.68 Å². The zero-order chi connectivity index (χ0) is 14.8. The molecule has 0 amide bonds. The van der Waals surface area contributed by atoms with E-state index in [1.807, 2.05) is 31.4 Å². The third-order valence-electron chi connectivity index (χ3n) is 3.36. The number of benzene rings is 1. The van der Waals surface area contributed by atoms with Crippen molar-refractivity contribution in [1.82, 2.24) is 19.3 Å². The van der Waals surface area contributed by atoms with Gasteiger partial charge in [0.15, 0.2) is 0 Å². The molecule has 0 fully saturated rings. The number of imidazole rings is 1. The van der Waals surface area contributed by atoms with E-state index in [0.29, 0.717) is 24.4 Å². The van der Waals surface area contributed by atoms with Crippen LogP contribution in [0, 0.1) is 11.3 Å². The van der Waals surface area contributed by atoms with Crippen LogP contribution in [0.5, 0.6) is 0 Å². The number of aryl methyl sites for hydroxylation is 2. The van der Waals surface area contributed by atoms with Crippen LogP contribution in [0.25, 0.3) is 11.0 Å². The third kappa shape index (κ3) is 2.63. The standard InChI is InChI=1S/C15H14ClN5/c1-20-7-5-12(19-20)10-21-14-8-11(9-17)2-3-13(14)18-15(21)4-6-16/h2-3,5,7-8H,4,6,10H2,1H3. The fourth-order valence-corrected chi connectivity index (χ4v) is 2.57. The van der Waals surface area contributed by atoms with E-state index in [1.54, 1.807) is 10.7 Å². The maximum atomic E-state index is 9.07. The number of hydrogen-bond acceptors (Lipinski definition) is 3. The first kappa shape index (κ1) is 13.7. The number of fused-ring (bicyclic) bond motifs is 1. The molecule has 0 aliphatic carbocycles. The number of halogens is 1. The predicted octanol–water partition coefficient (Wildman–Crippen LogP) is 2.47. The first-order chi connectivity index (χ1) is 10.2. The van der Waals surface area contributed by atoms with Crippen molar-refractivity contribution < 1.29 is 0 Å². The van der Waals surface area contributed by atoms with Crippen molar-refractivity contribution in [3.63, 3.8) is 0 Å². The first-order valence-electron chi connectivity index (χ1n) is 6.65. The highest BCUT2D eigenvalue weighted by molar-refractivity contribution is 6.17. The Balaban J connectivity index is 2.12. The Hall–Kier alpha value is -2.32. The number of nitriles is 1. The summed E-state index contributed by atoms with van der Waals surface area (Å²) in [6.07, 6.45) is 2.60. The topological polar surface area (TPSA) is 59.4 Å². The molecular weight excluding hydrogens is 286 g/mol. The van der Waals surface area contributed by atoms with E-state index in [0.717, 1.165) is 22.6 Å². The van der Waals surface area contributed by atoms with Crippen molar-refractivity contribution in [3.8, 4) is 6.07 Å². The highest BCUT2D eigenvalue weighted by Crippen LogP contribution is 2.20. The van der Waals surface area contributed by atoms with Gasteiger partial charge in [0, 0.05) is 25.5 Å². The van der Waals surface area contributed by atoms with Gasteiger partial charge >= 0.3 is 0 Å². The SMILES string of the molecule is Cn1ccc(Cn2c(CCCl)nc3ccc(C#N)cc32)n1. The van der Waals surface area contributed by atoms with Gasteiger partial charge in [-0.2, -0.15) is 10.4 Å². The largest absolute Gasteiger partial charge is 0.322 e. The van der Waals surface area contributed by atoms with Crippen molar-refractivity contribution in [2.24, 2.45) is 7.05 Å². The van der Waals surface area contributed by atoms with Gasteiger partial charge in [-0.25, -0.2) is 4.98 Å². The molecule has 0 aliphatic rings. The maximum absolute atomic E-state index is 9.07. The van der Waals surface area contributed by atoms with Crippen LogP contribution < -0.4 is 0 Å². The Morgan fingerprint density at radius 3 is 2.86 bits per heavy atom. The molecule has 0 atom stereocenters. The van der Waals surface area contributed by atoms with Gasteiger partial charge in [-0.1, -0.05) is 0 Å². The Labute approximate surface area is 127 Å². The van der Waals surface area contributed by atoms with Crippen molar-refractivity contribution in [2.75, 3.05) is 5.88 Å². The maximum Gasteiger partial charge on any atom is 0.111 e. The quantitative estimate of drug-likeness (QED) is 0.695. The van der Waals surface area contributed by atoms with Crippen LogP contribution >= 0.6 is 11.6 Å². The monoisotopic (exact) mass is 299 g/mol. The second kappa shape index (κ2) is 5.58. The van der Waals surface area contributed by atoms with Crippen LogP contribution in [0.1, 0.15) is 17.1 Å². The molecule has 2 aromatic heterocycles. The summed E-state index contributed by atoms with van der Waals surface area (Å²) < 4.78 is 3.86. The molecule has 0 aliphatic heterocycles. The summed E-state index contributed by atoms with van der Waals surface area (Å²) in [5, 5.41) is 13.5. The molecule has 0 N–H and O–H groups in total. The van der Waals surface area contributed by atoms with Crippen LogP contribution in [0.2, 0.25) is 0 Å². The van der Waals surface area contributed by atoms with Gasteiger partial charge in [0.25, 0.3) is 0 Å². The lowest BCUT2D eigenvalue weighted by Gasteiger charge is -2.06. The lowest BCUT2D eigenvalue weighted by molar-refractivity contribution is 0.694. The molecule has 3 aromatic rings. The number of alkyl halides is 1. The van der Waals surface area contributed by atoms with Gasteiger partial charge in [0.1, 0.15) is 5.82 Å². The third-order valence-corrected chi connectivity index (χ3v) is 3.55. The fraction of sp³-hybridized carbons (Fsp3) is 0.267. The van der Waals surface area contributed by atoms with Gasteiger partial charge < -0.3 is 4.57 Å². The minimum atomic E-state index is 0.511. The molecule has 0 radical (unpaired) electrons. The van der Waals surface area contributed by atoms with E-state index in [2.05, 4.69) is 20.7 Å². The summed E-state index contributed by atoms with van der Waals surface area (Å²) in [5.41, 5.74) is 3.40. The van der Waals surface area contributed by atoms with Crippen LogP contribution in [0.3, 0.4) is 0 Å². The molecular formula is C15H14ClN5. The lowest BCUT2D eigenvalue weighted by Crippen LogP contribution is -2.07. The van der Waals surface area contributed by atoms with Crippen molar-refractivity contribution in [2.45, 2.75) is 13.0 Å². The molecule has 0 spiro atoms. The van der Waals surface area contributed by atoms with Crippen molar-refractivity contribution in [3.05, 3.63) is 47.5 Å². The molecule has 0 saturated carbocycles. The first-order valence-corrected chi connectivity index (χ1v) is 7.18. The molecule has 2 heterocycles. The molecule has 0 bridgehead atoms. The second-order valence-corrected chi connectivity index (χ2v) is 5.23. The summed E-state index contributed by atoms with van der Waals surface area (Å²) in [6, 6.07) is 9.67. The number of rotatable bonds is 4. The molecule has 21 heavy (non-hydrogen) atoms. The van der Waals surface area contributed by atoms with E-state index < -0.39 is 0 Å². The average molecular weight is 300 g/mol. The second-order valence-electron chi connectivity index (χ2n) is 4.85. The smallest absolute Gasteiger partial charge is 0.111 e. The van der Waals surface area contributed by atoms with E-state index in [-0.39, 0.29) is 0 Å². The van der Waals surface area contributed by atoms with Gasteiger partial charge in [0.2, 0.25) is 0 Å². The Morgan fingerprint density at radius 2 is 2.19 bits per heavy atom. The molecule has 1 aromatic carbocycles. The van der Waals surface area contributed by atoms with E-state index >= 15 is 0 Å². The number of nitrogens with zero attached hydrogens (tertiary/aromatic N) is 5. The molecule has 6 heteroatoms. The zero-order valence-corrected chi connectivity index (χ0v) is 12.4. The van der Waals surface area contributed by atoms with Gasteiger partial charge in [-0.15, -0.1) is 11.6 Å². The van der Waals surface area contributed by atoms with Crippen LogP contribution in [-0.2, 0) is 20.0 Å². The van der Waals surface area contributed by atoms with E-state index in [9.17, 15) is 0 Å². The fourth-order valence-electron chi connectivity index (χ4n) is 2.40. The minimum absolute atomic E-state index is 0.511. The summed E-state index contributed by atoms with van der Waals surface area (Å²) >= 11 is 5.88. The van der Waals surface area contributed by atoms with Gasteiger partial charge in [0.05, 0.1) is 34.9 Å². The molecule has 0 saturated heterocycles. The normalized spacial score (nSPS) is 10.9. The summed E-state index contributed by atoms with van der Waals surface area (Å²) in [4.78, 5) is 4.62. The summed E-state index contributed by atoms with van der Waals surface area (Å²) in [5.74, 6) is 1.43. The molecule has 3 rings (SSSR count). The van der Waals surface area contributed by atoms with Crippen LogP contribution in [-0.4, -0.2) is 25.2 Å². The highest BCUT2D eigenvalue weighted by Gasteiger charge is 2.12.